The Balaban J connectivity index is 1.94. The molecule has 0 radical (unpaired) electrons. The number of nitrogens with one attached hydrogen (secondary N) is 1. The molecule has 5 nitrogen and oxygen atoms in total. The van der Waals surface area contributed by atoms with Gasteiger partial charge in [0, 0.05) is 24.0 Å². The van der Waals surface area contributed by atoms with Gasteiger partial charge in [0.2, 0.25) is 0 Å². The van der Waals surface area contributed by atoms with Crippen molar-refractivity contribution < 1.29 is 23.4 Å². The van der Waals surface area contributed by atoms with Crippen LogP contribution in [0, 0.1) is 11.6 Å². The zero-order valence-corrected chi connectivity index (χ0v) is 13.1. The number of carbonyl (C=O) groups is 1. The largest absolute Gasteiger partial charge is 0.485 e. The van der Waals surface area contributed by atoms with Gasteiger partial charge in [0.25, 0.3) is 5.91 Å². The van der Waals surface area contributed by atoms with E-state index in [-0.39, 0.29) is 5.56 Å². The molecule has 1 aliphatic rings. The lowest BCUT2D eigenvalue weighted by Gasteiger charge is -2.42. The average molecular weight is 334 g/mol. The Morgan fingerprint density at radius 3 is 2.79 bits per heavy atom. The molecule has 0 saturated carbocycles. The highest BCUT2D eigenvalue weighted by molar-refractivity contribution is 5.94. The number of carbonyl (C=O) groups excluding carboxylic acids is 1. The minimum Gasteiger partial charge on any atom is -0.485 e. The molecule has 7 heteroatoms. The molecule has 2 aromatic rings. The number of ether oxygens (including phenoxy) is 1. The minimum absolute atomic E-state index is 0.307. The standard InChI is InChI=1S/C17H16F2N2O3/c1-17(2)15(22)14(11-8-20-6-5-13(11)24-17)21-16(23)10-4-3-9(18)7-12(10)19/h3-8,14-15,22H,1-2H3,(H,21,23)/t14-,15+/m0/s1. The molecule has 2 heterocycles. The van der Waals surface area contributed by atoms with Crippen molar-refractivity contribution in [2.45, 2.75) is 31.6 Å². The van der Waals surface area contributed by atoms with Crippen LogP contribution in [0.3, 0.4) is 0 Å². The van der Waals surface area contributed by atoms with Gasteiger partial charge in [-0.3, -0.25) is 9.78 Å². The Labute approximate surface area is 137 Å². The lowest BCUT2D eigenvalue weighted by Crippen LogP contribution is -2.53. The molecule has 0 spiro atoms. The maximum absolute atomic E-state index is 13.8. The first-order valence-corrected chi connectivity index (χ1v) is 7.36. The highest BCUT2D eigenvalue weighted by Crippen LogP contribution is 2.39. The summed E-state index contributed by atoms with van der Waals surface area (Å²) in [5.41, 5.74) is -0.785. The Morgan fingerprint density at radius 2 is 2.08 bits per heavy atom. The molecule has 0 fully saturated rings. The van der Waals surface area contributed by atoms with Crippen LogP contribution in [-0.4, -0.2) is 27.7 Å². The third kappa shape index (κ3) is 2.82. The second-order valence-electron chi connectivity index (χ2n) is 6.14. The summed E-state index contributed by atoms with van der Waals surface area (Å²) in [5.74, 6) is -2.03. The van der Waals surface area contributed by atoms with E-state index in [9.17, 15) is 18.7 Å². The van der Waals surface area contributed by atoms with Crippen molar-refractivity contribution in [1.82, 2.24) is 10.3 Å². The summed E-state index contributed by atoms with van der Waals surface area (Å²) in [6.07, 6.45) is 1.92. The Morgan fingerprint density at radius 1 is 1.33 bits per heavy atom. The number of halogens is 2. The first kappa shape index (κ1) is 16.3. The van der Waals surface area contributed by atoms with Gasteiger partial charge in [-0.2, -0.15) is 0 Å². The van der Waals surface area contributed by atoms with Crippen LogP contribution in [0.25, 0.3) is 0 Å². The predicted molar refractivity (Wildman–Crippen MR) is 81.5 cm³/mol. The summed E-state index contributed by atoms with van der Waals surface area (Å²) in [4.78, 5) is 16.3. The highest BCUT2D eigenvalue weighted by Gasteiger charge is 2.43. The van der Waals surface area contributed by atoms with Gasteiger partial charge in [-0.15, -0.1) is 0 Å². The van der Waals surface area contributed by atoms with Crippen LogP contribution >= 0.6 is 0 Å². The van der Waals surface area contributed by atoms with Gasteiger partial charge in [-0.05, 0) is 32.0 Å². The van der Waals surface area contributed by atoms with E-state index in [1.165, 1.54) is 12.4 Å². The van der Waals surface area contributed by atoms with E-state index in [1.54, 1.807) is 19.9 Å². The van der Waals surface area contributed by atoms with E-state index in [2.05, 4.69) is 10.3 Å². The monoisotopic (exact) mass is 334 g/mol. The molecule has 1 aromatic carbocycles. The van der Waals surface area contributed by atoms with E-state index < -0.39 is 35.3 Å². The van der Waals surface area contributed by atoms with Crippen LogP contribution in [0.2, 0.25) is 0 Å². The number of amides is 1. The van der Waals surface area contributed by atoms with Crippen LogP contribution in [0.5, 0.6) is 5.75 Å². The summed E-state index contributed by atoms with van der Waals surface area (Å²) < 4.78 is 32.5. The van der Waals surface area contributed by atoms with Gasteiger partial charge < -0.3 is 15.2 Å². The molecule has 3 rings (SSSR count). The number of aliphatic hydroxyl groups is 1. The van der Waals surface area contributed by atoms with E-state index in [0.717, 1.165) is 12.1 Å². The second kappa shape index (κ2) is 5.83. The van der Waals surface area contributed by atoms with Gasteiger partial charge in [-0.1, -0.05) is 0 Å². The van der Waals surface area contributed by atoms with Crippen molar-refractivity contribution in [3.63, 3.8) is 0 Å². The van der Waals surface area contributed by atoms with Crippen LogP contribution in [0.15, 0.2) is 36.7 Å². The fraction of sp³-hybridized carbons (Fsp3) is 0.294. The van der Waals surface area contributed by atoms with E-state index in [1.807, 2.05) is 0 Å². The molecule has 2 atom stereocenters. The maximum Gasteiger partial charge on any atom is 0.254 e. The summed E-state index contributed by atoms with van der Waals surface area (Å²) in [5, 5.41) is 13.1. The molecule has 0 unspecified atom stereocenters. The third-order valence-electron chi connectivity index (χ3n) is 4.01. The summed E-state index contributed by atoms with van der Waals surface area (Å²) >= 11 is 0. The van der Waals surface area contributed by atoms with E-state index >= 15 is 0 Å². The molecule has 0 saturated heterocycles. The van der Waals surface area contributed by atoms with Gasteiger partial charge >= 0.3 is 0 Å². The van der Waals surface area contributed by atoms with Crippen molar-refractivity contribution in [3.8, 4) is 5.75 Å². The number of hydrogen-bond acceptors (Lipinski definition) is 4. The first-order chi connectivity index (χ1) is 11.3. The van der Waals surface area contributed by atoms with Crippen molar-refractivity contribution in [2.24, 2.45) is 0 Å². The maximum atomic E-state index is 13.8. The van der Waals surface area contributed by atoms with Gasteiger partial charge in [0.1, 0.15) is 29.1 Å². The molecule has 24 heavy (non-hydrogen) atoms. The molecular weight excluding hydrogens is 318 g/mol. The van der Waals surface area contributed by atoms with Crippen molar-refractivity contribution >= 4 is 5.91 Å². The topological polar surface area (TPSA) is 71.5 Å². The van der Waals surface area contributed by atoms with Crippen LogP contribution in [-0.2, 0) is 0 Å². The molecule has 1 amide bonds. The summed E-state index contributed by atoms with van der Waals surface area (Å²) in [7, 11) is 0. The lowest BCUT2D eigenvalue weighted by molar-refractivity contribution is -0.0629. The highest BCUT2D eigenvalue weighted by atomic mass is 19.1. The molecule has 2 N–H and O–H groups in total. The SMILES string of the molecule is CC1(C)Oc2ccncc2[C@H](NC(=O)c2ccc(F)cc2F)[C@H]1O. The fourth-order valence-electron chi connectivity index (χ4n) is 2.68. The Bertz CT molecular complexity index is 795. The first-order valence-electron chi connectivity index (χ1n) is 7.36. The van der Waals surface area contributed by atoms with Crippen LogP contribution in [0.1, 0.15) is 35.8 Å². The smallest absolute Gasteiger partial charge is 0.254 e. The second-order valence-corrected chi connectivity index (χ2v) is 6.14. The van der Waals surface area contributed by atoms with E-state index in [0.29, 0.717) is 17.4 Å². The zero-order valence-electron chi connectivity index (χ0n) is 13.1. The molecule has 0 aliphatic carbocycles. The fourth-order valence-corrected chi connectivity index (χ4v) is 2.68. The average Bonchev–Trinajstić information content (AvgIpc) is 2.51. The van der Waals surface area contributed by atoms with Crippen LogP contribution in [0.4, 0.5) is 8.78 Å². The molecule has 1 aromatic heterocycles. The minimum atomic E-state index is -1.08. The summed E-state index contributed by atoms with van der Waals surface area (Å²) in [6, 6.07) is 3.48. The summed E-state index contributed by atoms with van der Waals surface area (Å²) in [6.45, 7) is 3.36. The quantitative estimate of drug-likeness (QED) is 0.884. The number of fused-ring (bicyclic) bond motifs is 1. The van der Waals surface area contributed by atoms with E-state index in [4.69, 9.17) is 4.74 Å². The predicted octanol–water partition coefficient (Wildman–Crippen LogP) is 2.36. The van der Waals surface area contributed by atoms with Crippen molar-refractivity contribution in [2.75, 3.05) is 0 Å². The molecule has 1 aliphatic heterocycles. The van der Waals surface area contributed by atoms with Gasteiger partial charge in [-0.25, -0.2) is 8.78 Å². The number of pyridine rings is 1. The Hall–Kier alpha value is -2.54. The normalized spacial score (nSPS) is 21.5. The lowest BCUT2D eigenvalue weighted by atomic mass is 9.87. The van der Waals surface area contributed by atoms with Gasteiger partial charge in [0.05, 0.1) is 11.6 Å². The number of aromatic nitrogens is 1. The number of aliphatic hydroxyl groups excluding tert-OH is 1. The molecule has 0 bridgehead atoms. The van der Waals surface area contributed by atoms with Crippen LogP contribution < -0.4 is 10.1 Å². The number of rotatable bonds is 2. The van der Waals surface area contributed by atoms with Gasteiger partial charge in [0.15, 0.2) is 0 Å². The molecule has 126 valence electrons. The Kier molecular flexibility index (Phi) is 3.96. The molecular formula is C17H16F2N2O3. The number of nitrogens with zero attached hydrogens (tertiary/aromatic N) is 1. The van der Waals surface area contributed by atoms with Crippen molar-refractivity contribution in [1.29, 1.82) is 0 Å². The zero-order chi connectivity index (χ0) is 17.5. The number of hydrogen-bond donors (Lipinski definition) is 2. The number of benzene rings is 1. The van der Waals surface area contributed by atoms with Crippen molar-refractivity contribution in [3.05, 3.63) is 59.4 Å². The third-order valence-corrected chi connectivity index (χ3v) is 4.01.